The van der Waals surface area contributed by atoms with Crippen molar-refractivity contribution in [3.05, 3.63) is 10.9 Å². The third-order valence-electron chi connectivity index (χ3n) is 0.932. The van der Waals surface area contributed by atoms with Gasteiger partial charge in [0.2, 0.25) is 0 Å². The molecular weight excluding hydrogens is 150 g/mol. The van der Waals surface area contributed by atoms with Gasteiger partial charge in [-0.2, -0.15) is 0 Å². The zero-order valence-corrected chi connectivity index (χ0v) is 6.79. The van der Waals surface area contributed by atoms with E-state index in [1.807, 2.05) is 0 Å². The van der Waals surface area contributed by atoms with Gasteiger partial charge in [-0.3, -0.25) is 0 Å². The molecule has 0 saturated heterocycles. The van der Waals surface area contributed by atoms with E-state index in [1.165, 1.54) is 0 Å². The van der Waals surface area contributed by atoms with Crippen molar-refractivity contribution in [2.45, 2.75) is 6.92 Å². The fourth-order valence-electron chi connectivity index (χ4n) is 0.436. The average Bonchev–Trinajstić information content (AvgIpc) is 1.90. The number of nitrogens with one attached hydrogen (secondary N) is 2. The minimum atomic E-state index is 0.276. The number of nitrogens with zero attached hydrogens (tertiary/aromatic N) is 1. The maximum Gasteiger partial charge on any atom is 0.145 e. The van der Waals surface area contributed by atoms with Crippen LogP contribution in [0.5, 0.6) is 0 Å². The highest BCUT2D eigenvalue weighted by molar-refractivity contribution is 6.43. The predicted octanol–water partition coefficient (Wildman–Crippen LogP) is 1.35. The highest BCUT2D eigenvalue weighted by Gasteiger charge is 2.01. The molecular formula is C6H10ClN3. The fourth-order valence-corrected chi connectivity index (χ4v) is 0.590. The van der Waals surface area contributed by atoms with Crippen LogP contribution < -0.4 is 5.32 Å². The van der Waals surface area contributed by atoms with E-state index < -0.39 is 0 Å². The minimum absolute atomic E-state index is 0.276. The Morgan fingerprint density at radius 3 is 2.30 bits per heavy atom. The summed E-state index contributed by atoms with van der Waals surface area (Å²) in [5.41, 5.74) is 0.276. The van der Waals surface area contributed by atoms with Crippen molar-refractivity contribution in [2.24, 2.45) is 4.99 Å². The zero-order chi connectivity index (χ0) is 8.15. The second-order valence-electron chi connectivity index (χ2n) is 1.70. The number of halogens is 1. The van der Waals surface area contributed by atoms with Gasteiger partial charge < -0.3 is 10.7 Å². The smallest absolute Gasteiger partial charge is 0.145 e. The van der Waals surface area contributed by atoms with E-state index in [0.29, 0.717) is 10.9 Å². The lowest BCUT2D eigenvalue weighted by Gasteiger charge is -2.01. The molecule has 2 N–H and O–H groups in total. The van der Waals surface area contributed by atoms with Crippen LogP contribution >= 0.6 is 11.6 Å². The monoisotopic (exact) mass is 159 g/mol. The highest BCUT2D eigenvalue weighted by atomic mass is 35.5. The van der Waals surface area contributed by atoms with Crippen LogP contribution in [0, 0.1) is 5.41 Å². The topological polar surface area (TPSA) is 48.2 Å². The molecule has 0 rings (SSSR count). The third-order valence-corrected chi connectivity index (χ3v) is 1.39. The molecule has 0 aromatic rings. The Labute approximate surface area is 65.3 Å². The van der Waals surface area contributed by atoms with Gasteiger partial charge in [0.15, 0.2) is 0 Å². The van der Waals surface area contributed by atoms with Crippen molar-refractivity contribution in [2.75, 3.05) is 7.05 Å². The first-order chi connectivity index (χ1) is 4.63. The molecule has 4 heteroatoms. The summed E-state index contributed by atoms with van der Waals surface area (Å²) in [5, 5.41) is 10.1. The summed E-state index contributed by atoms with van der Waals surface area (Å²) < 4.78 is 0. The van der Waals surface area contributed by atoms with E-state index >= 15 is 0 Å². The first-order valence-corrected chi connectivity index (χ1v) is 3.11. The number of hydrogen-bond donors (Lipinski definition) is 2. The van der Waals surface area contributed by atoms with Gasteiger partial charge >= 0.3 is 0 Å². The Morgan fingerprint density at radius 1 is 1.70 bits per heavy atom. The van der Waals surface area contributed by atoms with Crippen molar-refractivity contribution in [1.82, 2.24) is 5.32 Å². The number of rotatable bonds is 3. The molecule has 0 heterocycles. The second kappa shape index (κ2) is 4.06. The lowest BCUT2D eigenvalue weighted by Crippen LogP contribution is -2.07. The van der Waals surface area contributed by atoms with Crippen molar-refractivity contribution in [3.8, 4) is 0 Å². The van der Waals surface area contributed by atoms with Crippen LogP contribution in [0.1, 0.15) is 6.92 Å². The number of allylic oxidation sites excluding steroid dienone is 1. The average molecular weight is 160 g/mol. The van der Waals surface area contributed by atoms with Crippen molar-refractivity contribution < 1.29 is 0 Å². The molecule has 0 spiro atoms. The summed E-state index contributed by atoms with van der Waals surface area (Å²) in [6, 6.07) is 0. The Bertz CT molecular complexity index is 183. The van der Waals surface area contributed by atoms with Crippen molar-refractivity contribution in [3.63, 3.8) is 0 Å². The van der Waals surface area contributed by atoms with Gasteiger partial charge in [-0.15, -0.1) is 0 Å². The first-order valence-electron chi connectivity index (χ1n) is 2.73. The molecule has 3 nitrogen and oxygen atoms in total. The number of hydrogen-bond acceptors (Lipinski definition) is 3. The maximum absolute atomic E-state index is 7.12. The van der Waals surface area contributed by atoms with Crippen LogP contribution in [0.15, 0.2) is 15.8 Å². The van der Waals surface area contributed by atoms with E-state index in [9.17, 15) is 0 Å². The van der Waals surface area contributed by atoms with Gasteiger partial charge in [-0.25, -0.2) is 4.99 Å². The van der Waals surface area contributed by atoms with Crippen LogP contribution in [0.25, 0.3) is 0 Å². The minimum Gasteiger partial charge on any atom is -0.372 e. The van der Waals surface area contributed by atoms with Crippen molar-refractivity contribution >= 4 is 24.0 Å². The first kappa shape index (κ1) is 9.17. The SMILES string of the molecule is C=N/C(NC)=C(/Cl)C(C)=N. The van der Waals surface area contributed by atoms with Crippen LogP contribution in [-0.4, -0.2) is 19.5 Å². The quantitative estimate of drug-likeness (QED) is 0.601. The summed E-state index contributed by atoms with van der Waals surface area (Å²) in [6.07, 6.45) is 0. The van der Waals surface area contributed by atoms with Crippen LogP contribution in [0.4, 0.5) is 0 Å². The van der Waals surface area contributed by atoms with E-state index in [2.05, 4.69) is 17.0 Å². The van der Waals surface area contributed by atoms with E-state index in [1.54, 1.807) is 14.0 Å². The molecule has 0 aromatic carbocycles. The highest BCUT2D eigenvalue weighted by Crippen LogP contribution is 2.08. The fraction of sp³-hybridized carbons (Fsp3) is 0.333. The largest absolute Gasteiger partial charge is 0.372 e. The zero-order valence-electron chi connectivity index (χ0n) is 6.03. The molecule has 0 radical (unpaired) electrons. The van der Waals surface area contributed by atoms with Crippen LogP contribution in [0.2, 0.25) is 0 Å². The Balaban J connectivity index is 4.59. The van der Waals surface area contributed by atoms with Gasteiger partial charge in [0.1, 0.15) is 10.9 Å². The maximum atomic E-state index is 7.12. The Kier molecular flexibility index (Phi) is 3.72. The van der Waals surface area contributed by atoms with E-state index in [4.69, 9.17) is 17.0 Å². The Hall–Kier alpha value is -0.830. The third kappa shape index (κ3) is 2.19. The molecule has 0 unspecified atom stereocenters. The summed E-state index contributed by atoms with van der Waals surface area (Å²) >= 11 is 5.64. The summed E-state index contributed by atoms with van der Waals surface area (Å²) in [7, 11) is 1.68. The van der Waals surface area contributed by atoms with Crippen LogP contribution in [-0.2, 0) is 0 Å². The molecule has 0 aliphatic rings. The van der Waals surface area contributed by atoms with Crippen LogP contribution in [0.3, 0.4) is 0 Å². The summed E-state index contributed by atoms with van der Waals surface area (Å²) in [5.74, 6) is 0.439. The predicted molar refractivity (Wildman–Crippen MR) is 44.9 cm³/mol. The molecule has 0 amide bonds. The van der Waals surface area contributed by atoms with E-state index in [0.717, 1.165) is 0 Å². The van der Waals surface area contributed by atoms with Gasteiger partial charge in [0.25, 0.3) is 0 Å². The van der Waals surface area contributed by atoms with Gasteiger partial charge in [-0.1, -0.05) is 11.6 Å². The molecule has 0 fully saturated rings. The molecule has 0 aliphatic heterocycles. The molecule has 0 bridgehead atoms. The lowest BCUT2D eigenvalue weighted by atomic mass is 10.4. The molecule has 0 aromatic heterocycles. The van der Waals surface area contributed by atoms with Crippen molar-refractivity contribution in [1.29, 1.82) is 5.41 Å². The number of aliphatic imine (C=N–C) groups is 1. The molecule has 0 aliphatic carbocycles. The van der Waals surface area contributed by atoms with Gasteiger partial charge in [0.05, 0.1) is 5.71 Å². The summed E-state index contributed by atoms with van der Waals surface area (Å²) in [4.78, 5) is 3.57. The lowest BCUT2D eigenvalue weighted by molar-refractivity contribution is 0.967. The summed E-state index contributed by atoms with van der Waals surface area (Å²) in [6.45, 7) is 4.87. The second-order valence-corrected chi connectivity index (χ2v) is 2.07. The standard InChI is InChI=1S/C6H10ClN3/c1-4(8)5(7)6(9-2)10-3/h8,10H,2H2,1,3H3/b6-5-,8-4?. The molecule has 0 saturated carbocycles. The molecule has 0 atom stereocenters. The normalized spacial score (nSPS) is 11.9. The molecule has 56 valence electrons. The molecule has 10 heavy (non-hydrogen) atoms. The van der Waals surface area contributed by atoms with Gasteiger partial charge in [-0.05, 0) is 13.6 Å². The van der Waals surface area contributed by atoms with Gasteiger partial charge in [0, 0.05) is 7.05 Å². The van der Waals surface area contributed by atoms with E-state index in [-0.39, 0.29) is 5.71 Å². The Morgan fingerprint density at radius 2 is 2.20 bits per heavy atom.